The second-order valence-electron chi connectivity index (χ2n) is 5.48. The third-order valence-electron chi connectivity index (χ3n) is 3.84. The first-order chi connectivity index (χ1) is 10.9. The number of carbonyl (C=O) groups excluding carboxylic acids is 1. The van der Waals surface area contributed by atoms with Crippen molar-refractivity contribution in [3.8, 4) is 0 Å². The Hall–Kier alpha value is -1.29. The molecule has 8 nitrogen and oxygen atoms in total. The highest BCUT2D eigenvalue weighted by atomic mass is 16.7. The number of aliphatic hydroxyl groups is 4. The van der Waals surface area contributed by atoms with Crippen LogP contribution >= 0.6 is 0 Å². The first-order valence-corrected chi connectivity index (χ1v) is 7.39. The van der Waals surface area contributed by atoms with Crippen molar-refractivity contribution in [1.29, 1.82) is 0 Å². The Morgan fingerprint density at radius 2 is 2.00 bits per heavy atom. The number of hydrogen-bond acceptors (Lipinski definition) is 8. The minimum absolute atomic E-state index is 0.0916. The normalized spacial score (nSPS) is 40.7. The highest BCUT2D eigenvalue weighted by molar-refractivity contribution is 6.00. The molecule has 4 N–H and O–H groups in total. The van der Waals surface area contributed by atoms with Crippen LogP contribution in [0.3, 0.4) is 0 Å². The predicted octanol–water partition coefficient (Wildman–Crippen LogP) is -1.38. The summed E-state index contributed by atoms with van der Waals surface area (Å²) in [6.45, 7) is 2.67. The standard InChI is InChI=1S/C15H22O8/c1-3-4-9(11-8(17)6-21-10(11)5-16)23-15-14(20)13(19)12(18)7(2)22-15/h3-4,7,10,12-16,18-20H,5-6H2,1-2H3/b4-3+,11-9+/t7-,10+,12-,13+,14+,15-/m0/s1. The van der Waals surface area contributed by atoms with Crippen LogP contribution in [0.4, 0.5) is 0 Å². The molecule has 2 saturated heterocycles. The summed E-state index contributed by atoms with van der Waals surface area (Å²) in [4.78, 5) is 12.0. The Kier molecular flexibility index (Phi) is 5.90. The molecule has 0 aromatic rings. The van der Waals surface area contributed by atoms with Gasteiger partial charge in [0.25, 0.3) is 0 Å². The van der Waals surface area contributed by atoms with Crippen LogP contribution in [0.25, 0.3) is 0 Å². The third-order valence-corrected chi connectivity index (χ3v) is 3.84. The average molecular weight is 330 g/mol. The van der Waals surface area contributed by atoms with Crippen molar-refractivity contribution in [1.82, 2.24) is 0 Å². The van der Waals surface area contributed by atoms with E-state index in [1.54, 1.807) is 13.0 Å². The number of ketones is 1. The van der Waals surface area contributed by atoms with Crippen molar-refractivity contribution in [2.75, 3.05) is 13.2 Å². The number of hydrogen-bond donors (Lipinski definition) is 4. The fourth-order valence-electron chi connectivity index (χ4n) is 2.54. The van der Waals surface area contributed by atoms with E-state index in [2.05, 4.69) is 0 Å². The molecule has 6 atom stereocenters. The molecule has 0 bridgehead atoms. The Bertz CT molecular complexity index is 500. The Morgan fingerprint density at radius 3 is 2.61 bits per heavy atom. The average Bonchev–Trinajstić information content (AvgIpc) is 2.90. The van der Waals surface area contributed by atoms with Crippen molar-refractivity contribution in [2.24, 2.45) is 0 Å². The lowest BCUT2D eigenvalue weighted by molar-refractivity contribution is -0.282. The maximum atomic E-state index is 12.0. The molecule has 2 heterocycles. The molecule has 0 spiro atoms. The lowest BCUT2D eigenvalue weighted by Gasteiger charge is -2.39. The van der Waals surface area contributed by atoms with Gasteiger partial charge in [0.2, 0.25) is 6.29 Å². The lowest BCUT2D eigenvalue weighted by atomic mass is 10.00. The quantitative estimate of drug-likeness (QED) is 0.367. The summed E-state index contributed by atoms with van der Waals surface area (Å²) in [5.74, 6) is -0.245. The molecule has 0 saturated carbocycles. The molecular weight excluding hydrogens is 308 g/mol. The number of allylic oxidation sites excluding steroid dienone is 2. The molecule has 2 aliphatic rings. The summed E-state index contributed by atoms with van der Waals surface area (Å²) in [5, 5.41) is 38.8. The van der Waals surface area contributed by atoms with E-state index in [0.717, 1.165) is 0 Å². The van der Waals surface area contributed by atoms with E-state index in [-0.39, 0.29) is 23.7 Å². The highest BCUT2D eigenvalue weighted by Gasteiger charge is 2.44. The van der Waals surface area contributed by atoms with Gasteiger partial charge in [-0.05, 0) is 19.9 Å². The topological polar surface area (TPSA) is 126 Å². The maximum Gasteiger partial charge on any atom is 0.229 e. The van der Waals surface area contributed by atoms with Crippen LogP contribution in [0.15, 0.2) is 23.5 Å². The minimum atomic E-state index is -1.49. The van der Waals surface area contributed by atoms with Crippen LogP contribution in [0, 0.1) is 0 Å². The molecule has 0 aromatic heterocycles. The number of aliphatic hydroxyl groups excluding tert-OH is 4. The van der Waals surface area contributed by atoms with Gasteiger partial charge in [-0.25, -0.2) is 0 Å². The van der Waals surface area contributed by atoms with Crippen LogP contribution in [0.2, 0.25) is 0 Å². The second-order valence-corrected chi connectivity index (χ2v) is 5.48. The van der Waals surface area contributed by atoms with E-state index in [4.69, 9.17) is 14.2 Å². The summed E-state index contributed by atoms with van der Waals surface area (Å²) >= 11 is 0. The zero-order chi connectivity index (χ0) is 17.1. The number of ether oxygens (including phenoxy) is 3. The van der Waals surface area contributed by atoms with Crippen LogP contribution in [-0.4, -0.2) is 76.2 Å². The Balaban J connectivity index is 2.28. The van der Waals surface area contributed by atoms with E-state index in [1.807, 2.05) is 0 Å². The SMILES string of the molecule is C/C=C/C(O[C@@H]1O[C@@H](C)[C@H](O)[C@@H](O)[C@H]1O)=C1/C(=O)CO[C@@H]1CO. The smallest absolute Gasteiger partial charge is 0.229 e. The van der Waals surface area contributed by atoms with E-state index in [1.165, 1.54) is 13.0 Å². The summed E-state index contributed by atoms with van der Waals surface area (Å²) < 4.78 is 16.1. The molecular formula is C15H22O8. The van der Waals surface area contributed by atoms with Gasteiger partial charge in [-0.15, -0.1) is 0 Å². The molecule has 2 fully saturated rings. The van der Waals surface area contributed by atoms with Gasteiger partial charge in [0, 0.05) is 0 Å². The second kappa shape index (κ2) is 7.52. The Labute approximate surface area is 133 Å². The number of Topliss-reactive ketones (excluding diaryl/α,β-unsaturated/α-hetero) is 1. The molecule has 0 unspecified atom stereocenters. The number of rotatable bonds is 4. The van der Waals surface area contributed by atoms with Gasteiger partial charge in [-0.3, -0.25) is 4.79 Å². The third kappa shape index (κ3) is 3.63. The van der Waals surface area contributed by atoms with E-state index >= 15 is 0 Å². The van der Waals surface area contributed by atoms with Gasteiger partial charge in [-0.1, -0.05) is 6.08 Å². The fraction of sp³-hybridized carbons (Fsp3) is 0.667. The van der Waals surface area contributed by atoms with Gasteiger partial charge >= 0.3 is 0 Å². The molecule has 23 heavy (non-hydrogen) atoms. The van der Waals surface area contributed by atoms with Gasteiger partial charge in [0.1, 0.15) is 36.8 Å². The predicted molar refractivity (Wildman–Crippen MR) is 77.1 cm³/mol. The van der Waals surface area contributed by atoms with Crippen LogP contribution in [0.5, 0.6) is 0 Å². The molecule has 0 aliphatic carbocycles. The molecule has 0 amide bonds. The van der Waals surface area contributed by atoms with Crippen LogP contribution in [-0.2, 0) is 19.0 Å². The maximum absolute atomic E-state index is 12.0. The summed E-state index contributed by atoms with van der Waals surface area (Å²) in [7, 11) is 0. The Morgan fingerprint density at radius 1 is 1.30 bits per heavy atom. The van der Waals surface area contributed by atoms with Crippen molar-refractivity contribution in [3.05, 3.63) is 23.5 Å². The van der Waals surface area contributed by atoms with Gasteiger partial charge < -0.3 is 34.6 Å². The summed E-state index contributed by atoms with van der Waals surface area (Å²) in [6, 6.07) is 0. The van der Waals surface area contributed by atoms with E-state index in [0.29, 0.717) is 0 Å². The van der Waals surface area contributed by atoms with Crippen LogP contribution < -0.4 is 0 Å². The van der Waals surface area contributed by atoms with Crippen molar-refractivity contribution in [3.63, 3.8) is 0 Å². The van der Waals surface area contributed by atoms with Crippen molar-refractivity contribution < 1.29 is 39.4 Å². The van der Waals surface area contributed by atoms with E-state index < -0.39 is 43.4 Å². The van der Waals surface area contributed by atoms with E-state index in [9.17, 15) is 25.2 Å². The summed E-state index contributed by atoms with van der Waals surface area (Å²) in [5.41, 5.74) is 0.148. The lowest BCUT2D eigenvalue weighted by Crippen LogP contribution is -2.57. The molecule has 130 valence electrons. The zero-order valence-corrected chi connectivity index (χ0v) is 13.0. The minimum Gasteiger partial charge on any atom is -0.461 e. The number of carbonyl (C=O) groups is 1. The molecule has 0 aromatic carbocycles. The molecule has 8 heteroatoms. The molecule has 0 radical (unpaired) electrons. The van der Waals surface area contributed by atoms with Crippen LogP contribution in [0.1, 0.15) is 13.8 Å². The first kappa shape index (κ1) is 18.1. The van der Waals surface area contributed by atoms with Crippen molar-refractivity contribution in [2.45, 2.75) is 50.7 Å². The van der Waals surface area contributed by atoms with Gasteiger partial charge in [0.15, 0.2) is 5.78 Å². The molecule has 2 rings (SSSR count). The molecule has 2 aliphatic heterocycles. The summed E-state index contributed by atoms with van der Waals surface area (Å²) in [6.07, 6.45) is -3.92. The van der Waals surface area contributed by atoms with Crippen molar-refractivity contribution >= 4 is 5.78 Å². The fourth-order valence-corrected chi connectivity index (χ4v) is 2.54. The zero-order valence-electron chi connectivity index (χ0n) is 13.0. The van der Waals surface area contributed by atoms with Gasteiger partial charge in [0.05, 0.1) is 18.3 Å². The first-order valence-electron chi connectivity index (χ1n) is 7.39. The monoisotopic (exact) mass is 330 g/mol. The van der Waals surface area contributed by atoms with Gasteiger partial charge in [-0.2, -0.15) is 0 Å². The highest BCUT2D eigenvalue weighted by Crippen LogP contribution is 2.28. The largest absolute Gasteiger partial charge is 0.461 e.